The number of hydrogen-bond acceptors (Lipinski definition) is 8. The van der Waals surface area contributed by atoms with Crippen LogP contribution in [0.15, 0.2) is 48.0 Å². The number of methoxy groups -OCH3 is 2. The van der Waals surface area contributed by atoms with Crippen LogP contribution < -0.4 is 14.8 Å². The van der Waals surface area contributed by atoms with Crippen LogP contribution in [0.5, 0.6) is 11.5 Å². The van der Waals surface area contributed by atoms with E-state index < -0.39 is 35.9 Å². The Bertz CT molecular complexity index is 1250. The van der Waals surface area contributed by atoms with Crippen LogP contribution in [0.25, 0.3) is 0 Å². The molecule has 2 aromatic carbocycles. The lowest BCUT2D eigenvalue weighted by Gasteiger charge is -2.40. The fourth-order valence-corrected chi connectivity index (χ4v) is 5.33. The highest BCUT2D eigenvalue weighted by molar-refractivity contribution is 5.96. The molecule has 4 atom stereocenters. The van der Waals surface area contributed by atoms with E-state index in [-0.39, 0.29) is 50.8 Å². The third kappa shape index (κ3) is 6.12. The van der Waals surface area contributed by atoms with Gasteiger partial charge in [-0.05, 0) is 47.9 Å². The predicted molar refractivity (Wildman–Crippen MR) is 142 cm³/mol. The first-order chi connectivity index (χ1) is 19.3. The SMILES string of the molecule is COCCC(=O)N(CCc1cccc(F)c1)[C@@H]1C=C(C(=O)NCCO)[C@@H]2c3cc(CO)cc(OC)c3O[C@@H]2[C@H]1O. The molecular formula is C29H35FN2O8. The second-order valence-corrected chi connectivity index (χ2v) is 9.73. The van der Waals surface area contributed by atoms with E-state index in [4.69, 9.17) is 14.2 Å². The van der Waals surface area contributed by atoms with Gasteiger partial charge in [0.15, 0.2) is 11.5 Å². The van der Waals surface area contributed by atoms with Gasteiger partial charge in [0.05, 0.1) is 45.3 Å². The number of nitrogens with one attached hydrogen (secondary N) is 1. The first-order valence-electron chi connectivity index (χ1n) is 13.1. The van der Waals surface area contributed by atoms with Crippen LogP contribution >= 0.6 is 0 Å². The molecule has 1 aliphatic carbocycles. The summed E-state index contributed by atoms with van der Waals surface area (Å²) in [7, 11) is 2.93. The number of fused-ring (bicyclic) bond motifs is 3. The number of aliphatic hydroxyl groups excluding tert-OH is 3. The van der Waals surface area contributed by atoms with Gasteiger partial charge in [-0.2, -0.15) is 0 Å². The van der Waals surface area contributed by atoms with Gasteiger partial charge in [0.1, 0.15) is 18.0 Å². The molecule has 2 amide bonds. The van der Waals surface area contributed by atoms with Gasteiger partial charge in [-0.25, -0.2) is 4.39 Å². The van der Waals surface area contributed by atoms with Crippen LogP contribution in [-0.2, 0) is 27.4 Å². The predicted octanol–water partition coefficient (Wildman–Crippen LogP) is 1.06. The summed E-state index contributed by atoms with van der Waals surface area (Å²) in [6.45, 7) is -0.253. The lowest BCUT2D eigenvalue weighted by atomic mass is 9.77. The number of nitrogens with zero attached hydrogens (tertiary/aromatic N) is 1. The minimum atomic E-state index is -1.24. The monoisotopic (exact) mass is 558 g/mol. The van der Waals surface area contributed by atoms with Gasteiger partial charge in [-0.3, -0.25) is 9.59 Å². The highest BCUT2D eigenvalue weighted by Crippen LogP contribution is 2.51. The van der Waals surface area contributed by atoms with E-state index in [1.165, 1.54) is 31.3 Å². The summed E-state index contributed by atoms with van der Waals surface area (Å²) in [6, 6.07) is 8.43. The first kappa shape index (κ1) is 29.5. The molecule has 2 aliphatic rings. The summed E-state index contributed by atoms with van der Waals surface area (Å²) >= 11 is 0. The Labute approximate surface area is 232 Å². The zero-order chi connectivity index (χ0) is 28.8. The summed E-state index contributed by atoms with van der Waals surface area (Å²) < 4.78 is 30.6. The Morgan fingerprint density at radius 2 is 1.95 bits per heavy atom. The Morgan fingerprint density at radius 1 is 1.15 bits per heavy atom. The van der Waals surface area contributed by atoms with Crippen LogP contribution in [0.2, 0.25) is 0 Å². The Kier molecular flexibility index (Phi) is 9.75. The highest BCUT2D eigenvalue weighted by atomic mass is 19.1. The molecule has 0 saturated heterocycles. The second-order valence-electron chi connectivity index (χ2n) is 9.73. The fourth-order valence-electron chi connectivity index (χ4n) is 5.33. The van der Waals surface area contributed by atoms with Crippen molar-refractivity contribution < 1.29 is 43.5 Å². The summed E-state index contributed by atoms with van der Waals surface area (Å²) in [6.07, 6.45) is -0.290. The maximum Gasteiger partial charge on any atom is 0.247 e. The third-order valence-electron chi connectivity index (χ3n) is 7.23. The fraction of sp³-hybridized carbons (Fsp3) is 0.448. The average molecular weight is 559 g/mol. The molecule has 4 rings (SSSR count). The van der Waals surface area contributed by atoms with Gasteiger partial charge in [0.25, 0.3) is 0 Å². The topological polar surface area (TPSA) is 138 Å². The average Bonchev–Trinajstić information content (AvgIpc) is 3.35. The maximum atomic E-state index is 13.8. The number of ether oxygens (including phenoxy) is 3. The Balaban J connectivity index is 1.76. The van der Waals surface area contributed by atoms with E-state index in [2.05, 4.69) is 5.32 Å². The van der Waals surface area contributed by atoms with Crippen molar-refractivity contribution in [1.82, 2.24) is 10.2 Å². The molecule has 0 bridgehead atoms. The smallest absolute Gasteiger partial charge is 0.247 e. The van der Waals surface area contributed by atoms with Crippen LogP contribution in [0.4, 0.5) is 4.39 Å². The molecule has 0 saturated carbocycles. The molecule has 0 unspecified atom stereocenters. The van der Waals surface area contributed by atoms with Crippen molar-refractivity contribution in [3.63, 3.8) is 0 Å². The van der Waals surface area contributed by atoms with Crippen molar-refractivity contribution >= 4 is 11.8 Å². The first-order valence-corrected chi connectivity index (χ1v) is 13.1. The van der Waals surface area contributed by atoms with Gasteiger partial charge >= 0.3 is 0 Å². The molecule has 216 valence electrons. The number of aliphatic hydroxyl groups is 3. The minimum absolute atomic E-state index is 0.00451. The van der Waals surface area contributed by atoms with Crippen LogP contribution in [-0.4, -0.2) is 90.8 Å². The normalized spacial score (nSPS) is 21.1. The molecule has 11 heteroatoms. The molecule has 0 aromatic heterocycles. The van der Waals surface area contributed by atoms with Crippen LogP contribution in [0.1, 0.15) is 29.0 Å². The van der Waals surface area contributed by atoms with E-state index in [9.17, 15) is 29.3 Å². The standard InChI is InChI=1S/C29H35FN2O8/c1-38-11-7-24(35)32(9-6-17-4-3-5-19(30)12-17)22-15-21(29(37)31-8-10-33)25-20-13-18(16-34)14-23(39-2)27(20)40-28(25)26(22)36/h3-5,12-15,22,25-26,28,33-34,36H,6-11,16H2,1-2H3,(H,31,37)/t22-,25+,26+,28+/m1/s1. The molecule has 0 spiro atoms. The third-order valence-corrected chi connectivity index (χ3v) is 7.23. The van der Waals surface area contributed by atoms with Crippen molar-refractivity contribution in [2.75, 3.05) is 40.5 Å². The number of rotatable bonds is 12. The highest BCUT2D eigenvalue weighted by Gasteiger charge is 2.51. The van der Waals surface area contributed by atoms with Gasteiger partial charge in [-0.15, -0.1) is 0 Å². The molecule has 0 radical (unpaired) electrons. The summed E-state index contributed by atoms with van der Waals surface area (Å²) in [5.74, 6) is -1.24. The van der Waals surface area contributed by atoms with Crippen molar-refractivity contribution in [3.8, 4) is 11.5 Å². The summed E-state index contributed by atoms with van der Waals surface area (Å²) in [5, 5.41) is 33.4. The molecule has 1 heterocycles. The number of halogens is 1. The quantitative estimate of drug-likeness (QED) is 0.304. The zero-order valence-corrected chi connectivity index (χ0v) is 22.5. The molecule has 40 heavy (non-hydrogen) atoms. The molecule has 2 aromatic rings. The number of benzene rings is 2. The van der Waals surface area contributed by atoms with Crippen molar-refractivity contribution in [2.45, 2.75) is 43.6 Å². The van der Waals surface area contributed by atoms with Crippen LogP contribution in [0.3, 0.4) is 0 Å². The van der Waals surface area contributed by atoms with E-state index in [0.29, 0.717) is 34.6 Å². The van der Waals surface area contributed by atoms with Crippen molar-refractivity contribution in [1.29, 1.82) is 0 Å². The molecule has 0 fully saturated rings. The number of hydrogen-bond donors (Lipinski definition) is 4. The zero-order valence-electron chi connectivity index (χ0n) is 22.5. The van der Waals surface area contributed by atoms with E-state index >= 15 is 0 Å². The Morgan fingerprint density at radius 3 is 2.62 bits per heavy atom. The Hall–Kier alpha value is -3.51. The van der Waals surface area contributed by atoms with E-state index in [1.807, 2.05) is 0 Å². The lowest BCUT2D eigenvalue weighted by molar-refractivity contribution is -0.138. The molecule has 10 nitrogen and oxygen atoms in total. The van der Waals surface area contributed by atoms with Gasteiger partial charge < -0.3 is 39.7 Å². The largest absolute Gasteiger partial charge is 0.493 e. The van der Waals surface area contributed by atoms with Gasteiger partial charge in [-0.1, -0.05) is 12.1 Å². The lowest BCUT2D eigenvalue weighted by Crippen LogP contribution is -2.56. The summed E-state index contributed by atoms with van der Waals surface area (Å²) in [4.78, 5) is 28.2. The van der Waals surface area contributed by atoms with Crippen molar-refractivity contribution in [2.24, 2.45) is 0 Å². The maximum absolute atomic E-state index is 13.8. The second kappa shape index (κ2) is 13.2. The van der Waals surface area contributed by atoms with Crippen LogP contribution in [0, 0.1) is 5.82 Å². The molecule has 4 N–H and O–H groups in total. The summed E-state index contributed by atoms with van der Waals surface area (Å²) in [5.41, 5.74) is 2.02. The molecule has 1 aliphatic heterocycles. The molecular weight excluding hydrogens is 523 g/mol. The van der Waals surface area contributed by atoms with E-state index in [1.54, 1.807) is 30.3 Å². The minimum Gasteiger partial charge on any atom is -0.493 e. The van der Waals surface area contributed by atoms with E-state index in [0.717, 1.165) is 0 Å². The van der Waals surface area contributed by atoms with Gasteiger partial charge in [0, 0.05) is 31.3 Å². The number of carbonyl (C=O) groups excluding carboxylic acids is 2. The number of amides is 2. The van der Waals surface area contributed by atoms with Gasteiger partial charge in [0.2, 0.25) is 11.8 Å². The number of carbonyl (C=O) groups is 2. The van der Waals surface area contributed by atoms with Crippen molar-refractivity contribution in [3.05, 3.63) is 70.6 Å².